The summed E-state index contributed by atoms with van der Waals surface area (Å²) in [5.41, 5.74) is 0.663. The highest BCUT2D eigenvalue weighted by Crippen LogP contribution is 2.25. The van der Waals surface area contributed by atoms with Gasteiger partial charge < -0.3 is 14.2 Å². The van der Waals surface area contributed by atoms with E-state index in [1.54, 1.807) is 25.3 Å². The normalized spacial score (nSPS) is 14.1. The number of ether oxygens (including phenoxy) is 3. The quantitative estimate of drug-likeness (QED) is 0.578. The molecule has 0 aromatic heterocycles. The molecule has 0 saturated carbocycles. The number of esters is 1. The molecule has 0 atom stereocenters. The lowest BCUT2D eigenvalue weighted by molar-refractivity contribution is -0.151. The molecule has 1 aliphatic rings. The second-order valence-electron chi connectivity index (χ2n) is 5.09. The molecule has 0 aliphatic carbocycles. The molecule has 7 heteroatoms. The zero-order valence-electron chi connectivity index (χ0n) is 13.6. The molecule has 7 nitrogen and oxygen atoms in total. The first-order valence-corrected chi connectivity index (χ1v) is 7.45. The van der Waals surface area contributed by atoms with Crippen molar-refractivity contribution in [3.8, 4) is 11.5 Å². The number of imide groups is 1. The van der Waals surface area contributed by atoms with Gasteiger partial charge in [0.1, 0.15) is 11.5 Å². The van der Waals surface area contributed by atoms with Gasteiger partial charge in [-0.1, -0.05) is 0 Å². The summed E-state index contributed by atoms with van der Waals surface area (Å²) in [5, 5.41) is 0. The van der Waals surface area contributed by atoms with Crippen molar-refractivity contribution in [1.82, 2.24) is 4.90 Å². The highest BCUT2D eigenvalue weighted by Gasteiger charge is 2.26. The summed E-state index contributed by atoms with van der Waals surface area (Å²) < 4.78 is 15.2. The van der Waals surface area contributed by atoms with Crippen LogP contribution in [0, 0.1) is 0 Å². The summed E-state index contributed by atoms with van der Waals surface area (Å²) in [6.07, 6.45) is 3.72. The predicted molar refractivity (Wildman–Crippen MR) is 85.5 cm³/mol. The SMILES string of the molecule is COc1ccc(/C=C/C(=O)OCC(=O)N2CCCC2=O)c(OC)c1. The zero-order chi connectivity index (χ0) is 17.5. The first kappa shape index (κ1) is 17.5. The summed E-state index contributed by atoms with van der Waals surface area (Å²) in [7, 11) is 3.06. The number of carbonyl (C=O) groups excluding carboxylic acids is 3. The first-order chi connectivity index (χ1) is 11.5. The van der Waals surface area contributed by atoms with Gasteiger partial charge in [-0.3, -0.25) is 14.5 Å². The van der Waals surface area contributed by atoms with Crippen LogP contribution in [0.3, 0.4) is 0 Å². The molecule has 0 spiro atoms. The Kier molecular flexibility index (Phi) is 5.95. The van der Waals surface area contributed by atoms with Crippen molar-refractivity contribution in [3.63, 3.8) is 0 Å². The molecule has 2 amide bonds. The molecule has 1 aromatic rings. The number of nitrogens with zero attached hydrogens (tertiary/aromatic N) is 1. The lowest BCUT2D eigenvalue weighted by atomic mass is 10.2. The van der Waals surface area contributed by atoms with Gasteiger partial charge in [0, 0.05) is 30.7 Å². The Hall–Kier alpha value is -2.83. The van der Waals surface area contributed by atoms with E-state index in [0.717, 1.165) is 4.90 Å². The number of amides is 2. The van der Waals surface area contributed by atoms with Crippen molar-refractivity contribution in [2.75, 3.05) is 27.4 Å². The van der Waals surface area contributed by atoms with Crippen molar-refractivity contribution < 1.29 is 28.6 Å². The fourth-order valence-corrected chi connectivity index (χ4v) is 2.28. The number of likely N-dealkylation sites (tertiary alicyclic amines) is 1. The molecule has 0 N–H and O–H groups in total. The topological polar surface area (TPSA) is 82.1 Å². The minimum Gasteiger partial charge on any atom is -0.497 e. The van der Waals surface area contributed by atoms with Gasteiger partial charge in [0.2, 0.25) is 5.91 Å². The molecule has 1 fully saturated rings. The Morgan fingerprint density at radius 1 is 1.25 bits per heavy atom. The maximum atomic E-state index is 11.8. The third kappa shape index (κ3) is 4.34. The number of carbonyl (C=O) groups is 3. The van der Waals surface area contributed by atoms with E-state index in [0.29, 0.717) is 36.4 Å². The third-order valence-corrected chi connectivity index (χ3v) is 3.55. The van der Waals surface area contributed by atoms with Crippen LogP contribution in [0.4, 0.5) is 0 Å². The van der Waals surface area contributed by atoms with Crippen molar-refractivity contribution >= 4 is 23.9 Å². The number of hydrogen-bond donors (Lipinski definition) is 0. The zero-order valence-corrected chi connectivity index (χ0v) is 13.6. The summed E-state index contributed by atoms with van der Waals surface area (Å²) in [6, 6.07) is 5.15. The molecular formula is C17H19NO6. The number of rotatable bonds is 6. The summed E-state index contributed by atoms with van der Waals surface area (Å²) >= 11 is 0. The lowest BCUT2D eigenvalue weighted by Crippen LogP contribution is -2.35. The Balaban J connectivity index is 1.91. The van der Waals surface area contributed by atoms with Crippen molar-refractivity contribution in [2.45, 2.75) is 12.8 Å². The molecule has 128 valence electrons. The van der Waals surface area contributed by atoms with E-state index in [4.69, 9.17) is 14.2 Å². The second-order valence-corrected chi connectivity index (χ2v) is 5.09. The lowest BCUT2D eigenvalue weighted by Gasteiger charge is -2.12. The summed E-state index contributed by atoms with van der Waals surface area (Å²) in [4.78, 5) is 36.0. The van der Waals surface area contributed by atoms with E-state index < -0.39 is 18.5 Å². The molecule has 1 aliphatic heterocycles. The number of benzene rings is 1. The number of methoxy groups -OCH3 is 2. The fourth-order valence-electron chi connectivity index (χ4n) is 2.28. The van der Waals surface area contributed by atoms with Crippen LogP contribution in [0.25, 0.3) is 6.08 Å². The summed E-state index contributed by atoms with van der Waals surface area (Å²) in [6.45, 7) is -0.0667. The molecule has 1 saturated heterocycles. The van der Waals surface area contributed by atoms with Gasteiger partial charge >= 0.3 is 5.97 Å². The molecule has 2 rings (SSSR count). The van der Waals surface area contributed by atoms with Crippen LogP contribution in [0.15, 0.2) is 24.3 Å². The van der Waals surface area contributed by atoms with Gasteiger partial charge in [-0.05, 0) is 24.6 Å². The van der Waals surface area contributed by atoms with Crippen LogP contribution < -0.4 is 9.47 Å². The first-order valence-electron chi connectivity index (χ1n) is 7.45. The molecule has 24 heavy (non-hydrogen) atoms. The van der Waals surface area contributed by atoms with Gasteiger partial charge in [0.15, 0.2) is 6.61 Å². The minimum atomic E-state index is -0.673. The van der Waals surface area contributed by atoms with Gasteiger partial charge in [-0.15, -0.1) is 0 Å². The average molecular weight is 333 g/mol. The monoisotopic (exact) mass is 333 g/mol. The van der Waals surface area contributed by atoms with Crippen LogP contribution in [0.2, 0.25) is 0 Å². The van der Waals surface area contributed by atoms with Gasteiger partial charge in [0.05, 0.1) is 14.2 Å². The van der Waals surface area contributed by atoms with Gasteiger partial charge in [0.25, 0.3) is 5.91 Å². The smallest absolute Gasteiger partial charge is 0.331 e. The van der Waals surface area contributed by atoms with Crippen LogP contribution in [-0.4, -0.2) is 50.1 Å². The van der Waals surface area contributed by atoms with Crippen LogP contribution in [-0.2, 0) is 19.1 Å². The average Bonchev–Trinajstić information content (AvgIpc) is 3.03. The highest BCUT2D eigenvalue weighted by atomic mass is 16.5. The standard InChI is InChI=1S/C17H19NO6/c1-22-13-7-5-12(14(10-13)23-2)6-8-17(21)24-11-16(20)18-9-3-4-15(18)19/h5-8,10H,3-4,9,11H2,1-2H3/b8-6+. The largest absolute Gasteiger partial charge is 0.497 e. The Labute approximate surface area is 139 Å². The fraction of sp³-hybridized carbons (Fsp3) is 0.353. The maximum Gasteiger partial charge on any atom is 0.331 e. The summed E-state index contributed by atoms with van der Waals surface area (Å²) in [5.74, 6) is -0.228. The molecule has 0 bridgehead atoms. The molecule has 1 heterocycles. The molecular weight excluding hydrogens is 314 g/mol. The van der Waals surface area contributed by atoms with Crippen LogP contribution in [0.5, 0.6) is 11.5 Å². The molecule has 1 aromatic carbocycles. The molecule has 0 radical (unpaired) electrons. The third-order valence-electron chi connectivity index (χ3n) is 3.55. The van der Waals surface area contributed by atoms with E-state index in [2.05, 4.69) is 0 Å². The maximum absolute atomic E-state index is 11.8. The van der Waals surface area contributed by atoms with E-state index >= 15 is 0 Å². The van der Waals surface area contributed by atoms with E-state index in [1.807, 2.05) is 0 Å². The minimum absolute atomic E-state index is 0.227. The van der Waals surface area contributed by atoms with E-state index in [-0.39, 0.29) is 5.91 Å². The highest BCUT2D eigenvalue weighted by molar-refractivity contribution is 5.98. The predicted octanol–water partition coefficient (Wildman–Crippen LogP) is 1.41. The van der Waals surface area contributed by atoms with Crippen molar-refractivity contribution in [2.24, 2.45) is 0 Å². The van der Waals surface area contributed by atoms with E-state index in [9.17, 15) is 14.4 Å². The second kappa shape index (κ2) is 8.14. The molecule has 0 unspecified atom stereocenters. The van der Waals surface area contributed by atoms with E-state index in [1.165, 1.54) is 19.3 Å². The van der Waals surface area contributed by atoms with Gasteiger partial charge in [-0.2, -0.15) is 0 Å². The van der Waals surface area contributed by atoms with Crippen LogP contribution >= 0.6 is 0 Å². The van der Waals surface area contributed by atoms with Gasteiger partial charge in [-0.25, -0.2) is 4.79 Å². The van der Waals surface area contributed by atoms with Crippen molar-refractivity contribution in [1.29, 1.82) is 0 Å². The Bertz CT molecular complexity index is 667. The number of hydrogen-bond acceptors (Lipinski definition) is 6. The Morgan fingerprint density at radius 2 is 2.04 bits per heavy atom. The van der Waals surface area contributed by atoms with Crippen LogP contribution in [0.1, 0.15) is 18.4 Å². The Morgan fingerprint density at radius 3 is 2.67 bits per heavy atom. The van der Waals surface area contributed by atoms with Crippen molar-refractivity contribution in [3.05, 3.63) is 29.8 Å².